The first-order valence-corrected chi connectivity index (χ1v) is 16.0. The van der Waals surface area contributed by atoms with Gasteiger partial charge in [-0.1, -0.05) is 26.3 Å². The van der Waals surface area contributed by atoms with Crippen LogP contribution in [0.5, 0.6) is 5.88 Å². The lowest BCUT2D eigenvalue weighted by Crippen LogP contribution is -2.48. The first kappa shape index (κ1) is 30.7. The Balaban J connectivity index is 1.59. The van der Waals surface area contributed by atoms with Crippen LogP contribution in [0.1, 0.15) is 31.7 Å². The zero-order valence-corrected chi connectivity index (χ0v) is 26.0. The van der Waals surface area contributed by atoms with Crippen molar-refractivity contribution in [2.75, 3.05) is 60.0 Å². The Hall–Kier alpha value is -3.72. The van der Waals surface area contributed by atoms with Gasteiger partial charge < -0.3 is 19.5 Å². The number of aromatic amines is 1. The standard InChI is InChI=1S/C29H39N9O4S/c1-5-9-24-25-26(34-38(24)20-21-10-7-8-11-30-21)28(39)33-27(32-25)23-18-22(19-31-29(23)42-17-16-35(3)4)43(40,41)37-14-12-36(6-2)13-15-37/h7-8,10-11,18-19H,5-6,9,12-17,20H2,1-4H3,(H,32,33,39). The SMILES string of the molecule is CCCc1c2nc(-c3cc(S(=O)(=O)N4CCN(CC)CC4)cnc3OCCN(C)C)[nH]c(=O)c2nn1Cc1ccccn1. The highest BCUT2D eigenvalue weighted by atomic mass is 32.2. The van der Waals surface area contributed by atoms with Gasteiger partial charge in [0, 0.05) is 38.9 Å². The van der Waals surface area contributed by atoms with Crippen LogP contribution in [0.3, 0.4) is 0 Å². The van der Waals surface area contributed by atoms with Crippen LogP contribution in [0.4, 0.5) is 0 Å². The number of ether oxygens (including phenoxy) is 1. The third-order valence-electron chi connectivity index (χ3n) is 7.50. The number of hydrogen-bond acceptors (Lipinski definition) is 10. The van der Waals surface area contributed by atoms with Crippen LogP contribution in [0.2, 0.25) is 0 Å². The molecule has 0 spiro atoms. The number of likely N-dealkylation sites (N-methyl/N-ethyl adjacent to an activating group) is 2. The second kappa shape index (κ2) is 13.3. The maximum Gasteiger partial charge on any atom is 0.279 e. The van der Waals surface area contributed by atoms with E-state index in [0.717, 1.165) is 24.4 Å². The molecular weight excluding hydrogens is 570 g/mol. The quantitative estimate of drug-likeness (QED) is 0.253. The first-order chi connectivity index (χ1) is 20.7. The van der Waals surface area contributed by atoms with Crippen LogP contribution in [0.25, 0.3) is 22.4 Å². The van der Waals surface area contributed by atoms with Crippen molar-refractivity contribution < 1.29 is 13.2 Å². The molecule has 1 N–H and O–H groups in total. The van der Waals surface area contributed by atoms with E-state index in [0.29, 0.717) is 63.4 Å². The summed E-state index contributed by atoms with van der Waals surface area (Å²) in [7, 11) is 0.0166. The number of aromatic nitrogens is 6. The fourth-order valence-corrected chi connectivity index (χ4v) is 6.47. The van der Waals surface area contributed by atoms with Crippen LogP contribution >= 0.6 is 0 Å². The average Bonchev–Trinajstić information content (AvgIpc) is 3.35. The molecule has 1 fully saturated rings. The van der Waals surface area contributed by atoms with Crippen LogP contribution in [0, 0.1) is 0 Å². The first-order valence-electron chi connectivity index (χ1n) is 14.6. The number of nitrogens with one attached hydrogen (secondary N) is 1. The molecular formula is C29H39N9O4S. The molecule has 43 heavy (non-hydrogen) atoms. The monoisotopic (exact) mass is 609 g/mol. The summed E-state index contributed by atoms with van der Waals surface area (Å²) < 4.78 is 36.6. The molecule has 0 aromatic carbocycles. The highest BCUT2D eigenvalue weighted by Crippen LogP contribution is 2.30. The van der Waals surface area contributed by atoms with Crippen molar-refractivity contribution in [2.45, 2.75) is 38.1 Å². The number of pyridine rings is 2. The summed E-state index contributed by atoms with van der Waals surface area (Å²) in [4.78, 5) is 34.1. The van der Waals surface area contributed by atoms with E-state index >= 15 is 0 Å². The second-order valence-electron chi connectivity index (χ2n) is 10.8. The minimum Gasteiger partial charge on any atom is -0.476 e. The van der Waals surface area contributed by atoms with Crippen molar-refractivity contribution in [1.82, 2.24) is 43.8 Å². The lowest BCUT2D eigenvalue weighted by atomic mass is 10.2. The third-order valence-corrected chi connectivity index (χ3v) is 9.36. The van der Waals surface area contributed by atoms with Crippen molar-refractivity contribution in [3.05, 3.63) is 58.4 Å². The van der Waals surface area contributed by atoms with Crippen molar-refractivity contribution >= 4 is 21.1 Å². The maximum absolute atomic E-state index is 13.7. The molecule has 14 heteroatoms. The van der Waals surface area contributed by atoms with Crippen LogP contribution in [-0.2, 0) is 23.0 Å². The average molecular weight is 610 g/mol. The lowest BCUT2D eigenvalue weighted by molar-refractivity contribution is 0.196. The molecule has 0 radical (unpaired) electrons. The number of aryl methyl sites for hydroxylation is 1. The number of piperazine rings is 1. The number of rotatable bonds is 12. The van der Waals surface area contributed by atoms with Gasteiger partial charge in [-0.25, -0.2) is 18.4 Å². The number of fused-ring (bicyclic) bond motifs is 1. The van der Waals surface area contributed by atoms with Gasteiger partial charge in [0.2, 0.25) is 15.9 Å². The summed E-state index contributed by atoms with van der Waals surface area (Å²) in [5.74, 6) is 0.365. The van der Waals surface area contributed by atoms with E-state index in [4.69, 9.17) is 9.72 Å². The summed E-state index contributed by atoms with van der Waals surface area (Å²) >= 11 is 0. The third kappa shape index (κ3) is 6.77. The van der Waals surface area contributed by atoms with Crippen molar-refractivity contribution in [3.8, 4) is 17.3 Å². The number of sulfonamides is 1. The largest absolute Gasteiger partial charge is 0.476 e. The Labute approximate surface area is 251 Å². The molecule has 0 unspecified atom stereocenters. The maximum atomic E-state index is 13.7. The smallest absolute Gasteiger partial charge is 0.279 e. The number of hydrogen-bond donors (Lipinski definition) is 1. The Morgan fingerprint density at radius 3 is 2.53 bits per heavy atom. The highest BCUT2D eigenvalue weighted by molar-refractivity contribution is 7.89. The zero-order chi connectivity index (χ0) is 30.6. The molecule has 13 nitrogen and oxygen atoms in total. The van der Waals surface area contributed by atoms with Crippen molar-refractivity contribution in [3.63, 3.8) is 0 Å². The number of nitrogens with zero attached hydrogens (tertiary/aromatic N) is 8. The highest BCUT2D eigenvalue weighted by Gasteiger charge is 2.30. The van der Waals surface area contributed by atoms with Crippen LogP contribution in [0.15, 0.2) is 46.3 Å². The normalized spacial score (nSPS) is 15.0. The molecule has 0 atom stereocenters. The summed E-state index contributed by atoms with van der Waals surface area (Å²) in [6.07, 6.45) is 4.49. The van der Waals surface area contributed by atoms with Gasteiger partial charge >= 0.3 is 0 Å². The lowest BCUT2D eigenvalue weighted by Gasteiger charge is -2.33. The molecule has 0 amide bonds. The van der Waals surface area contributed by atoms with Gasteiger partial charge in [-0.05, 0) is 45.3 Å². The molecule has 1 aliphatic heterocycles. The zero-order valence-electron chi connectivity index (χ0n) is 25.2. The van der Waals surface area contributed by atoms with E-state index in [9.17, 15) is 13.2 Å². The van der Waals surface area contributed by atoms with E-state index in [-0.39, 0.29) is 22.1 Å². The topological polar surface area (TPSA) is 142 Å². The molecule has 5 rings (SSSR count). The minimum atomic E-state index is -3.84. The molecule has 0 bridgehead atoms. The van der Waals surface area contributed by atoms with E-state index in [2.05, 4.69) is 31.9 Å². The van der Waals surface area contributed by atoms with Gasteiger partial charge in [0.15, 0.2) is 5.52 Å². The Morgan fingerprint density at radius 2 is 1.86 bits per heavy atom. The summed E-state index contributed by atoms with van der Waals surface area (Å²) in [6.45, 7) is 8.42. The second-order valence-corrected chi connectivity index (χ2v) is 12.7. The molecule has 230 valence electrons. The van der Waals surface area contributed by atoms with Gasteiger partial charge in [0.1, 0.15) is 22.8 Å². The molecule has 5 heterocycles. The Bertz CT molecular complexity index is 1710. The summed E-state index contributed by atoms with van der Waals surface area (Å²) in [6, 6.07) is 7.16. The van der Waals surface area contributed by atoms with Gasteiger partial charge in [-0.3, -0.25) is 14.5 Å². The van der Waals surface area contributed by atoms with E-state index < -0.39 is 15.6 Å². The van der Waals surface area contributed by atoms with Gasteiger partial charge in [0.25, 0.3) is 5.56 Å². The van der Waals surface area contributed by atoms with Gasteiger partial charge in [-0.2, -0.15) is 9.40 Å². The van der Waals surface area contributed by atoms with E-state index in [1.807, 2.05) is 44.1 Å². The fourth-order valence-electron chi connectivity index (χ4n) is 5.07. The van der Waals surface area contributed by atoms with Crippen molar-refractivity contribution in [1.29, 1.82) is 0 Å². The Kier molecular flexibility index (Phi) is 9.49. The van der Waals surface area contributed by atoms with Crippen LogP contribution < -0.4 is 10.3 Å². The molecule has 1 saturated heterocycles. The fraction of sp³-hybridized carbons (Fsp3) is 0.483. The molecule has 4 aromatic rings. The molecule has 0 saturated carbocycles. The van der Waals surface area contributed by atoms with Gasteiger partial charge in [0.05, 0.1) is 29.7 Å². The predicted molar refractivity (Wildman–Crippen MR) is 164 cm³/mol. The summed E-state index contributed by atoms with van der Waals surface area (Å²) in [5, 5.41) is 4.59. The van der Waals surface area contributed by atoms with E-state index in [1.54, 1.807) is 10.9 Å². The minimum absolute atomic E-state index is 0.0229. The molecule has 4 aromatic heterocycles. The summed E-state index contributed by atoms with van der Waals surface area (Å²) in [5.41, 5.74) is 2.15. The molecule has 0 aliphatic carbocycles. The molecule has 1 aliphatic rings. The van der Waals surface area contributed by atoms with E-state index in [1.165, 1.54) is 16.6 Å². The van der Waals surface area contributed by atoms with Crippen molar-refractivity contribution in [2.24, 2.45) is 0 Å². The number of H-pyrrole nitrogens is 1. The van der Waals surface area contributed by atoms with Crippen LogP contribution in [-0.4, -0.2) is 112 Å². The van der Waals surface area contributed by atoms with Gasteiger partial charge in [-0.15, -0.1) is 0 Å². The Morgan fingerprint density at radius 1 is 1.07 bits per heavy atom. The predicted octanol–water partition coefficient (Wildman–Crippen LogP) is 1.84.